The van der Waals surface area contributed by atoms with Gasteiger partial charge >= 0.3 is 0 Å². The molecule has 0 saturated heterocycles. The van der Waals surface area contributed by atoms with Crippen LogP contribution in [-0.2, 0) is 12.3 Å². The van der Waals surface area contributed by atoms with Crippen LogP contribution in [0.3, 0.4) is 0 Å². The molecule has 2 aromatic carbocycles. The van der Waals surface area contributed by atoms with Crippen LogP contribution in [0.2, 0.25) is 0 Å². The second kappa shape index (κ2) is 8.89. The highest BCUT2D eigenvalue weighted by atomic mass is 32.2. The number of nitrogens with zero attached hydrogens (tertiary/aromatic N) is 3. The molecule has 6 nitrogen and oxygen atoms in total. The first-order valence-electron chi connectivity index (χ1n) is 9.43. The van der Waals surface area contributed by atoms with Gasteiger partial charge in [0.25, 0.3) is 5.56 Å². The third-order valence-electron chi connectivity index (χ3n) is 4.68. The summed E-state index contributed by atoms with van der Waals surface area (Å²) in [7, 11) is 3.27. The molecule has 2 heterocycles. The summed E-state index contributed by atoms with van der Waals surface area (Å²) >= 11 is 3.09. The molecule has 0 aliphatic rings. The first-order chi connectivity index (χ1) is 14.6. The molecule has 4 aromatic rings. The minimum absolute atomic E-state index is 0.00691. The van der Waals surface area contributed by atoms with E-state index in [1.54, 1.807) is 30.1 Å². The number of hydrogen-bond donors (Lipinski definition) is 0. The summed E-state index contributed by atoms with van der Waals surface area (Å²) in [6, 6.07) is 13.2. The van der Waals surface area contributed by atoms with E-state index in [1.807, 2.05) is 54.8 Å². The Hall–Kier alpha value is -2.84. The number of hydrogen-bond acceptors (Lipinski definition) is 7. The quantitative estimate of drug-likeness (QED) is 0.303. The number of thiazole rings is 1. The minimum atomic E-state index is -0.00691. The number of ether oxygens (including phenoxy) is 2. The average molecular weight is 440 g/mol. The molecule has 30 heavy (non-hydrogen) atoms. The van der Waals surface area contributed by atoms with Gasteiger partial charge in [0, 0.05) is 23.7 Å². The Morgan fingerprint density at radius 3 is 2.70 bits per heavy atom. The van der Waals surface area contributed by atoms with Gasteiger partial charge in [0.2, 0.25) is 0 Å². The third kappa shape index (κ3) is 3.93. The van der Waals surface area contributed by atoms with Gasteiger partial charge in [-0.1, -0.05) is 23.9 Å². The fraction of sp³-hybridized carbons (Fsp3) is 0.227. The molecule has 154 valence electrons. The Morgan fingerprint density at radius 1 is 1.10 bits per heavy atom. The molecule has 4 rings (SSSR count). The maximum Gasteiger partial charge on any atom is 0.262 e. The van der Waals surface area contributed by atoms with E-state index < -0.39 is 0 Å². The van der Waals surface area contributed by atoms with Gasteiger partial charge in [0.05, 0.1) is 36.4 Å². The highest BCUT2D eigenvalue weighted by Crippen LogP contribution is 2.35. The zero-order valence-corrected chi connectivity index (χ0v) is 18.5. The second-order valence-electron chi connectivity index (χ2n) is 6.46. The molecule has 0 aliphatic carbocycles. The van der Waals surface area contributed by atoms with Crippen molar-refractivity contribution in [1.29, 1.82) is 0 Å². The predicted molar refractivity (Wildman–Crippen MR) is 122 cm³/mol. The van der Waals surface area contributed by atoms with Crippen LogP contribution in [0.4, 0.5) is 0 Å². The lowest BCUT2D eigenvalue weighted by Gasteiger charge is -2.10. The predicted octanol–water partition coefficient (Wildman–Crippen LogP) is 4.85. The fourth-order valence-electron chi connectivity index (χ4n) is 3.15. The monoisotopic (exact) mass is 439 g/mol. The van der Waals surface area contributed by atoms with E-state index in [-0.39, 0.29) is 5.56 Å². The normalized spacial score (nSPS) is 11.0. The molecule has 0 amide bonds. The minimum Gasteiger partial charge on any atom is -0.497 e. The number of rotatable bonds is 7. The zero-order valence-electron chi connectivity index (χ0n) is 16.9. The van der Waals surface area contributed by atoms with E-state index in [0.717, 1.165) is 33.3 Å². The number of para-hydroxylation sites is 1. The topological polar surface area (TPSA) is 66.2 Å². The molecule has 0 atom stereocenters. The van der Waals surface area contributed by atoms with Crippen LogP contribution in [0, 0.1) is 0 Å². The van der Waals surface area contributed by atoms with Gasteiger partial charge < -0.3 is 9.47 Å². The molecule has 2 aromatic heterocycles. The van der Waals surface area contributed by atoms with E-state index in [1.165, 1.54) is 11.8 Å². The molecular formula is C22H21N3O3S2. The van der Waals surface area contributed by atoms with E-state index in [0.29, 0.717) is 22.8 Å². The van der Waals surface area contributed by atoms with Crippen molar-refractivity contribution in [2.75, 3.05) is 14.2 Å². The lowest BCUT2D eigenvalue weighted by atomic mass is 10.2. The Morgan fingerprint density at radius 2 is 1.93 bits per heavy atom. The maximum absolute atomic E-state index is 12.8. The summed E-state index contributed by atoms with van der Waals surface area (Å²) in [6.07, 6.45) is 0. The van der Waals surface area contributed by atoms with Crippen LogP contribution in [0.15, 0.2) is 57.8 Å². The van der Waals surface area contributed by atoms with E-state index in [4.69, 9.17) is 19.4 Å². The van der Waals surface area contributed by atoms with Crippen molar-refractivity contribution in [3.8, 4) is 22.1 Å². The highest BCUT2D eigenvalue weighted by molar-refractivity contribution is 7.98. The van der Waals surface area contributed by atoms with Gasteiger partial charge in [-0.15, -0.1) is 11.3 Å². The highest BCUT2D eigenvalue weighted by Gasteiger charge is 2.14. The molecule has 8 heteroatoms. The summed E-state index contributed by atoms with van der Waals surface area (Å²) in [5.74, 6) is 2.08. The van der Waals surface area contributed by atoms with E-state index >= 15 is 0 Å². The SMILES string of the molecule is CCn1c(SCc2csc(-c3ccc(OC)cc3OC)n2)nc2ccccc2c1=O. The van der Waals surface area contributed by atoms with Gasteiger partial charge in [-0.2, -0.15) is 0 Å². The number of methoxy groups -OCH3 is 2. The van der Waals surface area contributed by atoms with E-state index in [9.17, 15) is 4.79 Å². The summed E-state index contributed by atoms with van der Waals surface area (Å²) in [5.41, 5.74) is 2.57. The first kappa shape index (κ1) is 20.4. The molecular weight excluding hydrogens is 418 g/mol. The summed E-state index contributed by atoms with van der Waals surface area (Å²) < 4.78 is 12.5. The van der Waals surface area contributed by atoms with Crippen LogP contribution >= 0.6 is 23.1 Å². The standard InChI is InChI=1S/C22H21N3O3S2/c1-4-25-21(26)16-7-5-6-8-18(16)24-22(25)30-13-14-12-29-20(23-14)17-10-9-15(27-2)11-19(17)28-3/h5-12H,4,13H2,1-3H3. The Balaban J connectivity index is 1.59. The molecule has 0 radical (unpaired) electrons. The van der Waals surface area contributed by atoms with Crippen LogP contribution < -0.4 is 15.0 Å². The number of aromatic nitrogens is 3. The lowest BCUT2D eigenvalue weighted by molar-refractivity contribution is 0.395. The van der Waals surface area contributed by atoms with Crippen LogP contribution in [0.5, 0.6) is 11.5 Å². The first-order valence-corrected chi connectivity index (χ1v) is 11.3. The van der Waals surface area contributed by atoms with Crippen molar-refractivity contribution >= 4 is 34.0 Å². The van der Waals surface area contributed by atoms with Crippen molar-refractivity contribution in [1.82, 2.24) is 14.5 Å². The molecule has 0 bridgehead atoms. The Kier molecular flexibility index (Phi) is 6.06. The van der Waals surface area contributed by atoms with Crippen LogP contribution in [0.1, 0.15) is 12.6 Å². The molecule has 0 spiro atoms. The lowest BCUT2D eigenvalue weighted by Crippen LogP contribution is -2.22. The summed E-state index contributed by atoms with van der Waals surface area (Å²) in [5, 5.41) is 4.26. The van der Waals surface area contributed by atoms with Gasteiger partial charge in [0.1, 0.15) is 16.5 Å². The van der Waals surface area contributed by atoms with Crippen LogP contribution in [-0.4, -0.2) is 28.8 Å². The van der Waals surface area contributed by atoms with Crippen molar-refractivity contribution in [2.45, 2.75) is 24.4 Å². The number of thioether (sulfide) groups is 1. The zero-order chi connectivity index (χ0) is 21.1. The summed E-state index contributed by atoms with van der Waals surface area (Å²) in [4.78, 5) is 22.2. The van der Waals surface area contributed by atoms with Gasteiger partial charge in [-0.25, -0.2) is 9.97 Å². The molecule has 0 N–H and O–H groups in total. The molecule has 0 saturated carbocycles. The Labute approximate surface area is 182 Å². The van der Waals surface area contributed by atoms with Gasteiger partial charge in [-0.05, 0) is 31.2 Å². The Bertz CT molecular complexity index is 1250. The van der Waals surface area contributed by atoms with Crippen LogP contribution in [0.25, 0.3) is 21.5 Å². The molecule has 0 aliphatic heterocycles. The van der Waals surface area contributed by atoms with Crippen molar-refractivity contribution < 1.29 is 9.47 Å². The number of fused-ring (bicyclic) bond motifs is 1. The fourth-order valence-corrected chi connectivity index (χ4v) is 5.06. The van der Waals surface area contributed by atoms with E-state index in [2.05, 4.69) is 0 Å². The smallest absolute Gasteiger partial charge is 0.262 e. The van der Waals surface area contributed by atoms with Crippen molar-refractivity contribution in [3.63, 3.8) is 0 Å². The number of benzene rings is 2. The van der Waals surface area contributed by atoms with Gasteiger partial charge in [-0.3, -0.25) is 9.36 Å². The average Bonchev–Trinajstić information content (AvgIpc) is 3.26. The third-order valence-corrected chi connectivity index (χ3v) is 6.62. The van der Waals surface area contributed by atoms with Gasteiger partial charge in [0.15, 0.2) is 5.16 Å². The molecule has 0 fully saturated rings. The largest absolute Gasteiger partial charge is 0.497 e. The maximum atomic E-state index is 12.8. The van der Waals surface area contributed by atoms with Crippen molar-refractivity contribution in [3.05, 3.63) is 63.9 Å². The second-order valence-corrected chi connectivity index (χ2v) is 8.26. The summed E-state index contributed by atoms with van der Waals surface area (Å²) in [6.45, 7) is 2.53. The van der Waals surface area contributed by atoms with Crippen molar-refractivity contribution in [2.24, 2.45) is 0 Å². The molecule has 0 unspecified atom stereocenters.